The Bertz CT molecular complexity index is 1100. The van der Waals surface area contributed by atoms with Crippen LogP contribution in [-0.2, 0) is 24.3 Å². The van der Waals surface area contributed by atoms with E-state index in [4.69, 9.17) is 11.6 Å². The molecule has 31 heavy (non-hydrogen) atoms. The molecule has 2 heterocycles. The van der Waals surface area contributed by atoms with Gasteiger partial charge in [-0.1, -0.05) is 41.6 Å². The fraction of sp³-hybridized carbons (Fsp3) is 0.273. The van der Waals surface area contributed by atoms with Gasteiger partial charge in [0.05, 0.1) is 12.3 Å². The van der Waals surface area contributed by atoms with E-state index < -0.39 is 0 Å². The van der Waals surface area contributed by atoms with Crippen LogP contribution >= 0.6 is 23.4 Å². The fourth-order valence-corrected chi connectivity index (χ4v) is 4.56. The van der Waals surface area contributed by atoms with Gasteiger partial charge < -0.3 is 14.8 Å². The fourth-order valence-electron chi connectivity index (χ4n) is 3.54. The number of thioether (sulfide) groups is 1. The zero-order chi connectivity index (χ0) is 21.8. The molecule has 1 aromatic heterocycles. The van der Waals surface area contributed by atoms with Crippen LogP contribution in [0.3, 0.4) is 0 Å². The van der Waals surface area contributed by atoms with Gasteiger partial charge in [-0.05, 0) is 49.2 Å². The second-order valence-electron chi connectivity index (χ2n) is 7.05. The molecule has 0 atom stereocenters. The number of para-hydroxylation sites is 1. The van der Waals surface area contributed by atoms with Gasteiger partial charge in [-0.15, -0.1) is 10.2 Å². The van der Waals surface area contributed by atoms with Crippen LogP contribution in [0.5, 0.6) is 0 Å². The molecule has 2 aromatic carbocycles. The summed E-state index contributed by atoms with van der Waals surface area (Å²) in [5, 5.41) is 12.5. The summed E-state index contributed by atoms with van der Waals surface area (Å²) in [6, 6.07) is 14.7. The SMILES string of the molecule is CCn1c(CNC(=O)c2ccc(Cl)cc2)nnc1SCC(=O)N1CCc2ccccc21. The van der Waals surface area contributed by atoms with E-state index in [1.807, 2.05) is 34.6 Å². The lowest BCUT2D eigenvalue weighted by molar-refractivity contribution is -0.116. The molecule has 9 heteroatoms. The molecular formula is C22H22ClN5O2S. The van der Waals surface area contributed by atoms with Gasteiger partial charge >= 0.3 is 0 Å². The maximum Gasteiger partial charge on any atom is 0.251 e. The van der Waals surface area contributed by atoms with Crippen LogP contribution in [0.1, 0.15) is 28.7 Å². The summed E-state index contributed by atoms with van der Waals surface area (Å²) in [5.74, 6) is 0.771. The first kappa shape index (κ1) is 21.4. The molecule has 0 spiro atoms. The van der Waals surface area contributed by atoms with Crippen molar-refractivity contribution in [1.82, 2.24) is 20.1 Å². The molecule has 0 saturated heterocycles. The number of carbonyl (C=O) groups excluding carboxylic acids is 2. The number of hydrogen-bond acceptors (Lipinski definition) is 5. The number of anilines is 1. The van der Waals surface area contributed by atoms with Crippen molar-refractivity contribution in [2.24, 2.45) is 0 Å². The third-order valence-corrected chi connectivity index (χ3v) is 6.34. The van der Waals surface area contributed by atoms with Gasteiger partial charge in [0.1, 0.15) is 0 Å². The van der Waals surface area contributed by atoms with Crippen LogP contribution in [0.4, 0.5) is 5.69 Å². The van der Waals surface area contributed by atoms with E-state index in [1.165, 1.54) is 17.3 Å². The average molecular weight is 456 g/mol. The van der Waals surface area contributed by atoms with Crippen LogP contribution in [0.2, 0.25) is 5.02 Å². The molecule has 0 radical (unpaired) electrons. The number of hydrogen-bond donors (Lipinski definition) is 1. The number of benzene rings is 2. The molecule has 2 amide bonds. The first-order chi connectivity index (χ1) is 15.1. The van der Waals surface area contributed by atoms with Gasteiger partial charge in [0.2, 0.25) is 5.91 Å². The second-order valence-corrected chi connectivity index (χ2v) is 8.42. The lowest BCUT2D eigenvalue weighted by atomic mass is 10.2. The van der Waals surface area contributed by atoms with Crippen molar-refractivity contribution < 1.29 is 9.59 Å². The highest BCUT2D eigenvalue weighted by molar-refractivity contribution is 7.99. The van der Waals surface area contributed by atoms with Gasteiger partial charge in [0, 0.05) is 29.4 Å². The number of nitrogens with one attached hydrogen (secondary N) is 1. The van der Waals surface area contributed by atoms with Gasteiger partial charge in [-0.2, -0.15) is 0 Å². The smallest absolute Gasteiger partial charge is 0.251 e. The molecule has 1 N–H and O–H groups in total. The summed E-state index contributed by atoms with van der Waals surface area (Å²) in [5.41, 5.74) is 2.73. The van der Waals surface area contributed by atoms with E-state index >= 15 is 0 Å². The normalized spacial score (nSPS) is 12.6. The number of amides is 2. The molecule has 160 valence electrons. The van der Waals surface area contributed by atoms with E-state index in [0.29, 0.717) is 34.7 Å². The summed E-state index contributed by atoms with van der Waals surface area (Å²) in [4.78, 5) is 26.9. The molecule has 0 saturated carbocycles. The highest BCUT2D eigenvalue weighted by atomic mass is 35.5. The maximum absolute atomic E-state index is 12.8. The second kappa shape index (κ2) is 9.53. The summed E-state index contributed by atoms with van der Waals surface area (Å²) >= 11 is 7.23. The van der Waals surface area contributed by atoms with E-state index in [-0.39, 0.29) is 24.1 Å². The van der Waals surface area contributed by atoms with Crippen molar-refractivity contribution >= 4 is 40.9 Å². The molecule has 1 aliphatic heterocycles. The Kier molecular flexibility index (Phi) is 6.58. The zero-order valence-corrected chi connectivity index (χ0v) is 18.6. The number of rotatable bonds is 7. The Balaban J connectivity index is 1.36. The van der Waals surface area contributed by atoms with Crippen LogP contribution in [0.25, 0.3) is 0 Å². The number of fused-ring (bicyclic) bond motifs is 1. The maximum atomic E-state index is 12.8. The highest BCUT2D eigenvalue weighted by Gasteiger charge is 2.24. The van der Waals surface area contributed by atoms with Gasteiger partial charge in [-0.25, -0.2) is 0 Å². The summed E-state index contributed by atoms with van der Waals surface area (Å²) in [6.07, 6.45) is 0.884. The van der Waals surface area contributed by atoms with E-state index in [0.717, 1.165) is 12.1 Å². The van der Waals surface area contributed by atoms with Crippen LogP contribution in [0.15, 0.2) is 53.7 Å². The lowest BCUT2D eigenvalue weighted by Crippen LogP contribution is -2.30. The Labute approximate surface area is 189 Å². The zero-order valence-electron chi connectivity index (χ0n) is 17.0. The summed E-state index contributed by atoms with van der Waals surface area (Å²) in [7, 11) is 0. The monoisotopic (exact) mass is 455 g/mol. The molecule has 4 rings (SSSR count). The average Bonchev–Trinajstić information content (AvgIpc) is 3.40. The van der Waals surface area contributed by atoms with Crippen molar-refractivity contribution in [3.05, 3.63) is 70.5 Å². The quantitative estimate of drug-likeness (QED) is 0.551. The van der Waals surface area contributed by atoms with E-state index in [2.05, 4.69) is 21.6 Å². The van der Waals surface area contributed by atoms with Crippen molar-refractivity contribution in [2.75, 3.05) is 17.2 Å². The Hall–Kier alpha value is -2.84. The molecule has 3 aromatic rings. The minimum Gasteiger partial charge on any atom is -0.345 e. The topological polar surface area (TPSA) is 80.1 Å². The van der Waals surface area contributed by atoms with Crippen LogP contribution in [-0.4, -0.2) is 38.9 Å². The van der Waals surface area contributed by atoms with Crippen molar-refractivity contribution in [3.63, 3.8) is 0 Å². The molecule has 0 aliphatic carbocycles. The summed E-state index contributed by atoms with van der Waals surface area (Å²) in [6.45, 7) is 3.58. The predicted octanol–water partition coefficient (Wildman–Crippen LogP) is 3.56. The van der Waals surface area contributed by atoms with Crippen LogP contribution in [0, 0.1) is 0 Å². The highest BCUT2D eigenvalue weighted by Crippen LogP contribution is 2.28. The first-order valence-corrected chi connectivity index (χ1v) is 11.4. The largest absolute Gasteiger partial charge is 0.345 e. The Morgan fingerprint density at radius 2 is 1.90 bits per heavy atom. The third kappa shape index (κ3) is 4.75. The first-order valence-electron chi connectivity index (χ1n) is 10.0. The lowest BCUT2D eigenvalue weighted by Gasteiger charge is -2.17. The Morgan fingerprint density at radius 3 is 2.68 bits per heavy atom. The third-order valence-electron chi connectivity index (χ3n) is 5.14. The van der Waals surface area contributed by atoms with Gasteiger partial charge in [-0.3, -0.25) is 9.59 Å². The number of nitrogens with zero attached hydrogens (tertiary/aromatic N) is 4. The van der Waals surface area contributed by atoms with Crippen molar-refractivity contribution in [3.8, 4) is 0 Å². The molecule has 0 unspecified atom stereocenters. The van der Waals surface area contributed by atoms with Gasteiger partial charge in [0.15, 0.2) is 11.0 Å². The number of aromatic nitrogens is 3. The minimum absolute atomic E-state index is 0.0539. The number of carbonyl (C=O) groups is 2. The summed E-state index contributed by atoms with van der Waals surface area (Å²) < 4.78 is 1.91. The van der Waals surface area contributed by atoms with Gasteiger partial charge in [0.25, 0.3) is 5.91 Å². The van der Waals surface area contributed by atoms with Crippen molar-refractivity contribution in [1.29, 1.82) is 0 Å². The van der Waals surface area contributed by atoms with E-state index in [1.54, 1.807) is 24.3 Å². The van der Waals surface area contributed by atoms with Crippen molar-refractivity contribution in [2.45, 2.75) is 31.6 Å². The minimum atomic E-state index is -0.209. The molecule has 0 fully saturated rings. The van der Waals surface area contributed by atoms with E-state index in [9.17, 15) is 9.59 Å². The standard InChI is InChI=1S/C22H22ClN5O2S/c1-2-27-19(13-24-21(30)16-7-9-17(23)10-8-16)25-26-22(27)31-14-20(29)28-12-11-15-5-3-4-6-18(15)28/h3-10H,2,11-14H2,1H3,(H,24,30). The molecule has 0 bridgehead atoms. The molecule has 7 nitrogen and oxygen atoms in total. The van der Waals surface area contributed by atoms with Crippen LogP contribution < -0.4 is 10.2 Å². The Morgan fingerprint density at radius 1 is 1.13 bits per heavy atom. The predicted molar refractivity (Wildman–Crippen MR) is 122 cm³/mol. The molecule has 1 aliphatic rings. The number of halogens is 1. The molecular weight excluding hydrogens is 434 g/mol.